The summed E-state index contributed by atoms with van der Waals surface area (Å²) in [7, 11) is 0. The molecule has 6 nitrogen and oxygen atoms in total. The van der Waals surface area contributed by atoms with Crippen LogP contribution < -0.4 is 10.8 Å². The van der Waals surface area contributed by atoms with E-state index >= 15 is 0 Å². The lowest BCUT2D eigenvalue weighted by Crippen LogP contribution is -2.53. The second-order valence-corrected chi connectivity index (χ2v) is 9.34. The Morgan fingerprint density at radius 3 is 2.47 bits per heavy atom. The predicted octanol–water partition coefficient (Wildman–Crippen LogP) is 3.54. The number of hydrogen-bond acceptors (Lipinski definition) is 6. The van der Waals surface area contributed by atoms with E-state index in [1.807, 2.05) is 24.3 Å². The van der Waals surface area contributed by atoms with Gasteiger partial charge in [0.25, 0.3) is 0 Å². The fourth-order valence-electron chi connectivity index (χ4n) is 4.89. The molecule has 34 heavy (non-hydrogen) atoms. The van der Waals surface area contributed by atoms with Gasteiger partial charge in [-0.25, -0.2) is 9.87 Å². The Hall–Kier alpha value is -3.13. The fraction of sp³-hybridized carbons (Fsp3) is 0.333. The van der Waals surface area contributed by atoms with Crippen molar-refractivity contribution >= 4 is 0 Å². The average molecular weight is 462 g/mol. The van der Waals surface area contributed by atoms with Crippen LogP contribution in [0.25, 0.3) is 0 Å². The molecule has 5 rings (SSSR count). The first kappa shape index (κ1) is 22.7. The molecule has 1 saturated heterocycles. The lowest BCUT2D eigenvalue weighted by Gasteiger charge is -2.43. The lowest BCUT2D eigenvalue weighted by atomic mass is 9.98. The van der Waals surface area contributed by atoms with E-state index in [0.717, 1.165) is 43.9 Å². The Morgan fingerprint density at radius 1 is 1.00 bits per heavy atom. The molecule has 3 aliphatic heterocycles. The summed E-state index contributed by atoms with van der Waals surface area (Å²) >= 11 is 0. The van der Waals surface area contributed by atoms with E-state index in [0.29, 0.717) is 13.1 Å². The molecular weight excluding hydrogens is 429 g/mol. The number of dihydropyridines is 1. The van der Waals surface area contributed by atoms with Crippen LogP contribution in [0.2, 0.25) is 0 Å². The zero-order valence-corrected chi connectivity index (χ0v) is 19.5. The molecule has 0 aromatic heterocycles. The van der Waals surface area contributed by atoms with Crippen molar-refractivity contribution in [1.29, 1.82) is 0 Å². The highest BCUT2D eigenvalue weighted by atomic mass is 19.1. The molecule has 3 N–H and O–H groups in total. The van der Waals surface area contributed by atoms with Gasteiger partial charge in [0.05, 0.1) is 5.70 Å². The molecule has 0 aliphatic carbocycles. The Morgan fingerprint density at radius 2 is 1.74 bits per heavy atom. The molecule has 3 heterocycles. The second-order valence-electron chi connectivity index (χ2n) is 9.34. The minimum Gasteiger partial charge on any atom is -0.368 e. The molecule has 7 heteroatoms. The van der Waals surface area contributed by atoms with E-state index in [1.54, 1.807) is 6.07 Å². The highest BCUT2D eigenvalue weighted by molar-refractivity contribution is 5.45. The average Bonchev–Trinajstić information content (AvgIpc) is 3.17. The maximum atomic E-state index is 14.0. The Balaban J connectivity index is 1.18. The standard InChI is InChI=1S/C27H32FN5O/c1-27-24(10-11-33(27)19-22-8-6-21(7-9-22)17-30-34)16-25(18-29-27)32-14-12-31(13-15-32)20-23-4-2-3-5-26(23)28/h2-11,16,18,29-30,34H,12-15,17,19-20H2,1H3. The van der Waals surface area contributed by atoms with Crippen molar-refractivity contribution in [2.24, 2.45) is 0 Å². The van der Waals surface area contributed by atoms with Crippen LogP contribution in [-0.2, 0) is 19.6 Å². The molecule has 1 atom stereocenters. The van der Waals surface area contributed by atoms with Gasteiger partial charge in [0.1, 0.15) is 11.5 Å². The third-order valence-electron chi connectivity index (χ3n) is 7.12. The number of hydrogen-bond donors (Lipinski definition) is 3. The summed E-state index contributed by atoms with van der Waals surface area (Å²) in [5.41, 5.74) is 7.41. The molecule has 0 bridgehead atoms. The predicted molar refractivity (Wildman–Crippen MR) is 131 cm³/mol. The van der Waals surface area contributed by atoms with Crippen LogP contribution in [0.15, 0.2) is 84.4 Å². The third kappa shape index (κ3) is 4.59. The summed E-state index contributed by atoms with van der Waals surface area (Å²) in [6.07, 6.45) is 8.77. The van der Waals surface area contributed by atoms with E-state index in [1.165, 1.54) is 22.9 Å². The van der Waals surface area contributed by atoms with E-state index in [2.05, 4.69) is 69.1 Å². The van der Waals surface area contributed by atoms with Gasteiger partial charge in [-0.2, -0.15) is 0 Å². The molecule has 3 aliphatic rings. The van der Waals surface area contributed by atoms with Gasteiger partial charge in [0, 0.05) is 69.3 Å². The topological polar surface area (TPSA) is 54.0 Å². The number of benzene rings is 2. The van der Waals surface area contributed by atoms with Crippen LogP contribution >= 0.6 is 0 Å². The number of fused-ring (bicyclic) bond motifs is 1. The van der Waals surface area contributed by atoms with Crippen LogP contribution in [-0.4, -0.2) is 51.7 Å². The number of allylic oxidation sites excluding steroid dienone is 1. The van der Waals surface area contributed by atoms with Crippen molar-refractivity contribution < 1.29 is 9.60 Å². The van der Waals surface area contributed by atoms with Gasteiger partial charge in [-0.05, 0) is 36.3 Å². The SMILES string of the molecule is CC12NC=C(N3CCN(Cc4ccccc4F)CC3)C=C1C=CN2Cc1ccc(CNO)cc1. The number of halogens is 1. The molecule has 2 aromatic carbocycles. The Kier molecular flexibility index (Phi) is 6.41. The van der Waals surface area contributed by atoms with Gasteiger partial charge < -0.3 is 20.3 Å². The number of nitrogens with zero attached hydrogens (tertiary/aromatic N) is 3. The largest absolute Gasteiger partial charge is 0.368 e. The van der Waals surface area contributed by atoms with Gasteiger partial charge in [-0.15, -0.1) is 0 Å². The van der Waals surface area contributed by atoms with Crippen molar-refractivity contribution in [1.82, 2.24) is 25.5 Å². The number of rotatable bonds is 7. The monoisotopic (exact) mass is 461 g/mol. The van der Waals surface area contributed by atoms with Crippen molar-refractivity contribution in [2.45, 2.75) is 32.2 Å². The summed E-state index contributed by atoms with van der Waals surface area (Å²) in [5.74, 6) is -0.121. The number of piperazine rings is 1. The molecule has 0 radical (unpaired) electrons. The maximum Gasteiger partial charge on any atom is 0.133 e. The third-order valence-corrected chi connectivity index (χ3v) is 7.12. The molecule has 178 valence electrons. The summed E-state index contributed by atoms with van der Waals surface area (Å²) in [6, 6.07) is 15.3. The number of nitrogens with one attached hydrogen (secondary N) is 2. The fourth-order valence-corrected chi connectivity index (χ4v) is 4.89. The molecule has 0 spiro atoms. The van der Waals surface area contributed by atoms with Gasteiger partial charge in [-0.3, -0.25) is 4.90 Å². The van der Waals surface area contributed by atoms with E-state index < -0.39 is 0 Å². The van der Waals surface area contributed by atoms with Crippen molar-refractivity contribution in [3.8, 4) is 0 Å². The highest BCUT2D eigenvalue weighted by Gasteiger charge is 2.38. The van der Waals surface area contributed by atoms with Gasteiger partial charge in [0.2, 0.25) is 0 Å². The highest BCUT2D eigenvalue weighted by Crippen LogP contribution is 2.35. The van der Waals surface area contributed by atoms with Crippen LogP contribution in [0.3, 0.4) is 0 Å². The summed E-state index contributed by atoms with van der Waals surface area (Å²) in [4.78, 5) is 7.04. The van der Waals surface area contributed by atoms with Crippen LogP contribution in [0.5, 0.6) is 0 Å². The quantitative estimate of drug-likeness (QED) is 0.549. The van der Waals surface area contributed by atoms with Crippen molar-refractivity contribution in [3.63, 3.8) is 0 Å². The second kappa shape index (κ2) is 9.62. The van der Waals surface area contributed by atoms with Gasteiger partial charge in [-0.1, -0.05) is 42.5 Å². The van der Waals surface area contributed by atoms with Crippen LogP contribution in [0.1, 0.15) is 23.6 Å². The molecule has 0 saturated carbocycles. The summed E-state index contributed by atoms with van der Waals surface area (Å²) in [5, 5.41) is 12.5. The minimum atomic E-state index is -0.276. The molecule has 1 unspecified atom stereocenters. The molecule has 0 amide bonds. The Labute approximate surface area is 200 Å². The first-order valence-corrected chi connectivity index (χ1v) is 11.9. The van der Waals surface area contributed by atoms with Crippen molar-refractivity contribution in [3.05, 3.63) is 107 Å². The first-order valence-electron chi connectivity index (χ1n) is 11.9. The van der Waals surface area contributed by atoms with E-state index in [-0.39, 0.29) is 11.5 Å². The summed E-state index contributed by atoms with van der Waals surface area (Å²) in [6.45, 7) is 7.78. The van der Waals surface area contributed by atoms with Crippen molar-refractivity contribution in [2.75, 3.05) is 26.2 Å². The molecular formula is C27H32FN5O. The van der Waals surface area contributed by atoms with E-state index in [9.17, 15) is 4.39 Å². The number of hydroxylamine groups is 1. The normalized spacial score (nSPS) is 22.3. The summed E-state index contributed by atoms with van der Waals surface area (Å²) < 4.78 is 14.0. The zero-order chi connectivity index (χ0) is 23.5. The van der Waals surface area contributed by atoms with E-state index in [4.69, 9.17) is 5.21 Å². The Bertz CT molecular complexity index is 1100. The zero-order valence-electron chi connectivity index (χ0n) is 19.5. The van der Waals surface area contributed by atoms with Crippen LogP contribution in [0, 0.1) is 5.82 Å². The smallest absolute Gasteiger partial charge is 0.133 e. The van der Waals surface area contributed by atoms with Gasteiger partial charge in [0.15, 0.2) is 0 Å². The van der Waals surface area contributed by atoms with Crippen LogP contribution in [0.4, 0.5) is 4.39 Å². The molecule has 1 fully saturated rings. The lowest BCUT2D eigenvalue weighted by molar-refractivity contribution is 0.148. The molecule has 2 aromatic rings. The minimum absolute atomic E-state index is 0.121. The maximum absolute atomic E-state index is 14.0. The first-order chi connectivity index (χ1) is 16.5. The van der Waals surface area contributed by atoms with Gasteiger partial charge >= 0.3 is 0 Å².